The van der Waals surface area contributed by atoms with Crippen molar-refractivity contribution in [3.63, 3.8) is 0 Å². The maximum absolute atomic E-state index is 16.8. The zero-order chi connectivity index (χ0) is 91.3. The van der Waals surface area contributed by atoms with E-state index in [1.54, 1.807) is 189 Å². The summed E-state index contributed by atoms with van der Waals surface area (Å²) in [4.78, 5) is 13.4. The second kappa shape index (κ2) is 34.2. The number of rotatable bonds is 16. The highest BCUT2D eigenvalue weighted by Crippen LogP contribution is 2.53. The van der Waals surface area contributed by atoms with Crippen molar-refractivity contribution in [3.8, 4) is 80.9 Å². The molecule has 0 aliphatic carbocycles. The number of halogens is 8. The van der Waals surface area contributed by atoms with Gasteiger partial charge < -0.3 is 19.6 Å². The van der Waals surface area contributed by atoms with Crippen LogP contribution in [-0.2, 0) is 0 Å². The van der Waals surface area contributed by atoms with E-state index in [9.17, 15) is 31.6 Å². The summed E-state index contributed by atoms with van der Waals surface area (Å²) in [6.45, 7) is 15.1. The average molecular weight is 1720 g/mol. The summed E-state index contributed by atoms with van der Waals surface area (Å²) < 4.78 is 133. The van der Waals surface area contributed by atoms with E-state index in [0.717, 1.165) is 91.6 Å². The molecule has 0 bridgehead atoms. The van der Waals surface area contributed by atoms with Gasteiger partial charge in [0.25, 0.3) is 0 Å². The average Bonchev–Trinajstić information content (AvgIpc) is 0.719. The first kappa shape index (κ1) is 82.6. The molecule has 20 aromatic rings. The normalized spacial score (nSPS) is 11.0. The van der Waals surface area contributed by atoms with Crippen LogP contribution >= 0.6 is 0 Å². The third kappa shape index (κ3) is 14.6. The van der Waals surface area contributed by atoms with Crippen LogP contribution in [0.3, 0.4) is 0 Å². The minimum Gasteiger partial charge on any atom is -0.307 e. The third-order valence-corrected chi connectivity index (χ3v) is 23.6. The lowest BCUT2D eigenvalue weighted by Gasteiger charge is -2.30. The second-order valence-electron chi connectivity index (χ2n) is 30.9. The Balaban J connectivity index is 0.000000170. The fraction of sp³-hybridized carbons (Fsp3) is 0. The van der Waals surface area contributed by atoms with E-state index in [1.165, 1.54) is 24.3 Å². The van der Waals surface area contributed by atoms with Gasteiger partial charge in [0.15, 0.2) is 11.4 Å². The first-order valence-electron chi connectivity index (χ1n) is 40.9. The van der Waals surface area contributed by atoms with Gasteiger partial charge in [0, 0.05) is 102 Å². The summed E-state index contributed by atoms with van der Waals surface area (Å²) in [5, 5.41) is 66.7. The molecule has 0 fully saturated rings. The molecule has 0 saturated heterocycles. The first-order chi connectivity index (χ1) is 64.4. The molecule has 0 aromatic heterocycles. The molecule has 20 heteroatoms. The molecule has 0 aliphatic rings. The molecule has 0 N–H and O–H groups in total. The van der Waals surface area contributed by atoms with Gasteiger partial charge in [0.1, 0.15) is 46.5 Å². The highest BCUT2D eigenvalue weighted by Gasteiger charge is 2.31. The summed E-state index contributed by atoms with van der Waals surface area (Å²) >= 11 is 0. The quantitative estimate of drug-likeness (QED) is 0.0516. The minimum absolute atomic E-state index is 0.0226. The molecular formula is C112H56F8N12. The Morgan fingerprint density at radius 1 is 0.212 bits per heavy atom. The molecule has 20 aromatic carbocycles. The van der Waals surface area contributed by atoms with Crippen molar-refractivity contribution in [1.82, 2.24) is 0 Å². The van der Waals surface area contributed by atoms with Crippen LogP contribution in [0.4, 0.5) is 115 Å². The van der Waals surface area contributed by atoms with Gasteiger partial charge in [-0.2, -0.15) is 31.6 Å². The largest absolute Gasteiger partial charge is 0.307 e. The topological polar surface area (TPSA) is 164 Å². The predicted octanol–water partition coefficient (Wildman–Crippen LogP) is 31.2. The summed E-state index contributed by atoms with van der Waals surface area (Å²) in [7, 11) is 0. The standard InChI is InChI=1S/2C56H28F4N6/c1-64-40-14-18-42(19-15-40)66(54-29-48(58)46(27-50(54)60)39-7-3-5-35(25-39)32-63)52-23-13-37-10-20-43-51(22-12-36-11-21-44(52)56(37)55(36)43)65(41-16-8-33(30-61)9-17-41)53-28-47(57)45(26-49(53)59)38-6-2-4-34(24-38)31-62;1-64-38-16-20-40(21-17-38)66(54-29-48(58)46(27-50(54)60)42-9-5-3-7-37(42)32-63)52-25-15-35-12-22-43-51(24-14-34-13-23-44(52)56(35)55(34)43)65(39-18-10-33(30-61)11-19-39)53-28-47(57)45(26-49(53)59)41-8-4-2-6-36(41)31-62/h2*2-29H. The fourth-order valence-electron chi connectivity index (χ4n) is 17.5. The van der Waals surface area contributed by atoms with E-state index in [0.29, 0.717) is 112 Å². The highest BCUT2D eigenvalue weighted by atomic mass is 19.2. The van der Waals surface area contributed by atoms with Crippen LogP contribution in [-0.4, -0.2) is 0 Å². The van der Waals surface area contributed by atoms with Gasteiger partial charge in [-0.05, 0) is 212 Å². The molecule has 0 radical (unpaired) electrons. The lowest BCUT2D eigenvalue weighted by Crippen LogP contribution is -2.14. The Kier molecular flexibility index (Phi) is 21.4. The second-order valence-corrected chi connectivity index (χ2v) is 30.9. The molecule has 0 amide bonds. The summed E-state index contributed by atoms with van der Waals surface area (Å²) in [5.41, 5.74) is 6.56. The molecule has 620 valence electrons. The fourth-order valence-corrected chi connectivity index (χ4v) is 17.5. The Labute approximate surface area is 749 Å². The molecule has 0 spiro atoms. The van der Waals surface area contributed by atoms with E-state index in [1.807, 2.05) is 109 Å². The number of nitrogens with zero attached hydrogens (tertiary/aromatic N) is 12. The minimum atomic E-state index is -0.771. The molecule has 20 rings (SSSR count). The summed E-state index contributed by atoms with van der Waals surface area (Å²) in [5.74, 6) is -5.99. The van der Waals surface area contributed by atoms with Gasteiger partial charge in [-0.3, -0.25) is 0 Å². The lowest BCUT2D eigenvalue weighted by atomic mass is 9.91. The Morgan fingerprint density at radius 3 is 0.758 bits per heavy atom. The smallest absolute Gasteiger partial charge is 0.187 e. The molecule has 0 unspecified atom stereocenters. The molecule has 12 nitrogen and oxygen atoms in total. The molecule has 0 atom stereocenters. The monoisotopic (exact) mass is 1720 g/mol. The maximum Gasteiger partial charge on any atom is 0.187 e. The van der Waals surface area contributed by atoms with Crippen LogP contribution < -0.4 is 19.6 Å². The van der Waals surface area contributed by atoms with Crippen molar-refractivity contribution >= 4 is 144 Å². The van der Waals surface area contributed by atoms with Crippen LogP contribution in [0.5, 0.6) is 0 Å². The van der Waals surface area contributed by atoms with Crippen LogP contribution in [0, 0.1) is 128 Å². The van der Waals surface area contributed by atoms with E-state index in [-0.39, 0.29) is 67.3 Å². The van der Waals surface area contributed by atoms with Crippen LogP contribution in [0.1, 0.15) is 33.4 Å². The number of anilines is 12. The van der Waals surface area contributed by atoms with Crippen molar-refractivity contribution in [2.45, 2.75) is 0 Å². The van der Waals surface area contributed by atoms with E-state index < -0.39 is 46.5 Å². The molecule has 0 heterocycles. The van der Waals surface area contributed by atoms with E-state index in [4.69, 9.17) is 13.1 Å². The van der Waals surface area contributed by atoms with Crippen molar-refractivity contribution in [1.29, 1.82) is 31.6 Å². The van der Waals surface area contributed by atoms with Crippen LogP contribution in [0.15, 0.2) is 340 Å². The predicted molar refractivity (Wildman–Crippen MR) is 501 cm³/mol. The Hall–Kier alpha value is -19.0. The van der Waals surface area contributed by atoms with Crippen LogP contribution in [0.2, 0.25) is 0 Å². The van der Waals surface area contributed by atoms with Gasteiger partial charge in [0.05, 0.1) is 128 Å². The Bertz CT molecular complexity index is 8030. The van der Waals surface area contributed by atoms with Crippen molar-refractivity contribution in [2.75, 3.05) is 19.6 Å². The lowest BCUT2D eigenvalue weighted by molar-refractivity contribution is 0.604. The number of hydrogen-bond acceptors (Lipinski definition) is 10. The molecule has 132 heavy (non-hydrogen) atoms. The zero-order valence-corrected chi connectivity index (χ0v) is 68.7. The number of hydrogen-bond donors (Lipinski definition) is 0. The van der Waals surface area contributed by atoms with E-state index in [2.05, 4.69) is 34.0 Å². The molecule has 0 saturated carbocycles. The number of benzene rings is 20. The first-order valence-corrected chi connectivity index (χ1v) is 40.9. The van der Waals surface area contributed by atoms with Gasteiger partial charge >= 0.3 is 0 Å². The third-order valence-electron chi connectivity index (χ3n) is 23.6. The van der Waals surface area contributed by atoms with Crippen molar-refractivity contribution in [3.05, 3.63) is 442 Å². The van der Waals surface area contributed by atoms with Gasteiger partial charge in [-0.25, -0.2) is 44.8 Å². The van der Waals surface area contributed by atoms with E-state index >= 15 is 35.1 Å². The summed E-state index contributed by atoms with van der Waals surface area (Å²) in [6, 6.07) is 103. The van der Waals surface area contributed by atoms with Crippen molar-refractivity contribution in [2.24, 2.45) is 0 Å². The SMILES string of the molecule is [C-]#[N+]c1ccc(N(c2cc(F)c(-c3cccc(C#N)c3)cc2F)c2ccc3ccc4c(N(c5ccc(C#N)cc5)c5cc(F)c(-c6cccc(C#N)c6)cc5F)ccc5ccc2c3c54)cc1.[C-]#[N+]c1ccc(N(c2cc(F)c(-c3ccccc3C#N)cc2F)c2ccc3ccc4c(N(c5ccc(C#N)cc5)c5cc(F)c(-c6ccccc6C#N)cc5F)ccc5ccc2c3c54)cc1. The van der Waals surface area contributed by atoms with Crippen molar-refractivity contribution < 1.29 is 35.1 Å². The van der Waals surface area contributed by atoms with Gasteiger partial charge in [-0.1, -0.05) is 158 Å². The Morgan fingerprint density at radius 2 is 0.477 bits per heavy atom. The van der Waals surface area contributed by atoms with Crippen LogP contribution in [0.25, 0.3) is 119 Å². The zero-order valence-electron chi connectivity index (χ0n) is 68.7. The number of nitriles is 6. The van der Waals surface area contributed by atoms with Gasteiger partial charge in [-0.15, -0.1) is 0 Å². The molecule has 0 aliphatic heterocycles. The summed E-state index contributed by atoms with van der Waals surface area (Å²) in [6.07, 6.45) is 0. The highest BCUT2D eigenvalue weighted by molar-refractivity contribution is 6.30. The maximum atomic E-state index is 16.8. The molecular weight excluding hydrogens is 1670 g/mol. The van der Waals surface area contributed by atoms with Gasteiger partial charge in [0.2, 0.25) is 0 Å².